The van der Waals surface area contributed by atoms with Gasteiger partial charge >= 0.3 is 0 Å². The number of halogens is 1. The fourth-order valence-corrected chi connectivity index (χ4v) is 2.30. The average Bonchev–Trinajstić information content (AvgIpc) is 2.86. The van der Waals surface area contributed by atoms with Crippen molar-refractivity contribution in [1.82, 2.24) is 15.0 Å². The molecule has 1 aromatic heterocycles. The molecule has 0 unspecified atom stereocenters. The summed E-state index contributed by atoms with van der Waals surface area (Å²) < 4.78 is 10.7. The number of aryl methyl sites for hydroxylation is 1. The Hall–Kier alpha value is -1.59. The van der Waals surface area contributed by atoms with Crippen LogP contribution >= 0.6 is 11.6 Å². The number of hydrogen-bond donors (Lipinski definition) is 0. The first-order valence-corrected chi connectivity index (χ1v) is 7.78. The summed E-state index contributed by atoms with van der Waals surface area (Å²) in [5, 5.41) is 4.54. The molecule has 0 aliphatic heterocycles. The summed E-state index contributed by atoms with van der Waals surface area (Å²) in [5.41, 5.74) is 1.12. The van der Waals surface area contributed by atoms with Crippen LogP contribution in [-0.2, 0) is 13.1 Å². The third-order valence-electron chi connectivity index (χ3n) is 3.33. The van der Waals surface area contributed by atoms with Gasteiger partial charge in [0, 0.05) is 13.5 Å². The summed E-state index contributed by atoms with van der Waals surface area (Å²) >= 11 is 6.29. The van der Waals surface area contributed by atoms with Gasteiger partial charge in [0.15, 0.2) is 5.82 Å². The fourth-order valence-electron chi connectivity index (χ4n) is 2.05. The molecule has 0 amide bonds. The normalized spacial score (nSPS) is 12.6. The van der Waals surface area contributed by atoms with Crippen molar-refractivity contribution in [3.63, 3.8) is 0 Å². The molecule has 0 bridgehead atoms. The highest BCUT2D eigenvalue weighted by Crippen LogP contribution is 2.27. The molecule has 120 valence electrons. The Bertz CT molecular complexity index is 615. The van der Waals surface area contributed by atoms with Crippen molar-refractivity contribution in [2.24, 2.45) is 0 Å². The van der Waals surface area contributed by atoms with E-state index in [4.69, 9.17) is 20.9 Å². The van der Waals surface area contributed by atoms with Crippen molar-refractivity contribution in [2.75, 3.05) is 7.05 Å². The first-order valence-electron chi connectivity index (χ1n) is 7.40. The molecule has 22 heavy (non-hydrogen) atoms. The van der Waals surface area contributed by atoms with Crippen LogP contribution in [0.25, 0.3) is 0 Å². The van der Waals surface area contributed by atoms with Gasteiger partial charge in [-0.2, -0.15) is 4.98 Å². The van der Waals surface area contributed by atoms with Crippen LogP contribution in [0.4, 0.5) is 0 Å². The molecule has 1 heterocycles. The highest BCUT2D eigenvalue weighted by atomic mass is 35.5. The molecule has 0 fully saturated rings. The lowest BCUT2D eigenvalue weighted by Gasteiger charge is -2.17. The smallest absolute Gasteiger partial charge is 0.223 e. The monoisotopic (exact) mass is 323 g/mol. The molecule has 5 nitrogen and oxygen atoms in total. The molecule has 0 saturated carbocycles. The van der Waals surface area contributed by atoms with Crippen molar-refractivity contribution in [3.8, 4) is 5.75 Å². The van der Waals surface area contributed by atoms with Crippen LogP contribution in [0.5, 0.6) is 5.75 Å². The van der Waals surface area contributed by atoms with E-state index >= 15 is 0 Å². The Kier molecular flexibility index (Phi) is 5.80. The zero-order valence-electron chi connectivity index (χ0n) is 13.5. The zero-order chi connectivity index (χ0) is 16.1. The second-order valence-electron chi connectivity index (χ2n) is 5.50. The SMILES string of the molecule is CC[C@@H](C)Oc1ccc(CN(C)Cc2noc(C)n2)cc1Cl. The number of hydrogen-bond acceptors (Lipinski definition) is 5. The molecule has 0 aliphatic carbocycles. The quantitative estimate of drug-likeness (QED) is 0.774. The molecular weight excluding hydrogens is 302 g/mol. The van der Waals surface area contributed by atoms with E-state index in [0.717, 1.165) is 24.3 Å². The van der Waals surface area contributed by atoms with E-state index in [2.05, 4.69) is 22.0 Å². The molecular formula is C16H22ClN3O2. The van der Waals surface area contributed by atoms with Gasteiger partial charge in [0.05, 0.1) is 17.7 Å². The number of nitrogens with zero attached hydrogens (tertiary/aromatic N) is 3. The fraction of sp³-hybridized carbons (Fsp3) is 0.500. The molecule has 0 N–H and O–H groups in total. The summed E-state index contributed by atoms with van der Waals surface area (Å²) in [6.07, 6.45) is 1.11. The highest BCUT2D eigenvalue weighted by Gasteiger charge is 2.10. The summed E-state index contributed by atoms with van der Waals surface area (Å²) in [7, 11) is 2.00. The van der Waals surface area contributed by atoms with E-state index < -0.39 is 0 Å². The van der Waals surface area contributed by atoms with Gasteiger partial charge in [-0.05, 0) is 38.1 Å². The molecule has 1 aromatic carbocycles. The van der Waals surface area contributed by atoms with E-state index in [0.29, 0.717) is 23.3 Å². The van der Waals surface area contributed by atoms with Gasteiger partial charge in [0.1, 0.15) is 5.75 Å². The Balaban J connectivity index is 1.96. The maximum atomic E-state index is 6.29. The molecule has 1 atom stereocenters. The van der Waals surface area contributed by atoms with Gasteiger partial charge in [0.2, 0.25) is 5.89 Å². The molecule has 2 rings (SSSR count). The standard InChI is InChI=1S/C16H22ClN3O2/c1-5-11(2)21-15-7-6-13(8-14(15)17)9-20(4)10-16-18-12(3)22-19-16/h6-8,11H,5,9-10H2,1-4H3/t11-/m1/s1. The van der Waals surface area contributed by atoms with E-state index in [-0.39, 0.29) is 6.10 Å². The Morgan fingerprint density at radius 1 is 1.36 bits per heavy atom. The molecule has 2 aromatic rings. The van der Waals surface area contributed by atoms with Crippen molar-refractivity contribution in [2.45, 2.75) is 46.4 Å². The summed E-state index contributed by atoms with van der Waals surface area (Å²) in [4.78, 5) is 6.30. The minimum atomic E-state index is 0.160. The van der Waals surface area contributed by atoms with Crippen LogP contribution in [0.1, 0.15) is 37.5 Å². The van der Waals surface area contributed by atoms with Crippen LogP contribution in [0.15, 0.2) is 22.7 Å². The van der Waals surface area contributed by atoms with Gasteiger partial charge in [-0.3, -0.25) is 4.90 Å². The van der Waals surface area contributed by atoms with Crippen LogP contribution in [-0.4, -0.2) is 28.2 Å². The van der Waals surface area contributed by atoms with E-state index in [1.807, 2.05) is 32.2 Å². The minimum absolute atomic E-state index is 0.160. The Morgan fingerprint density at radius 3 is 2.73 bits per heavy atom. The van der Waals surface area contributed by atoms with Gasteiger partial charge in [0.25, 0.3) is 0 Å². The second-order valence-corrected chi connectivity index (χ2v) is 5.91. The number of benzene rings is 1. The number of rotatable bonds is 7. The van der Waals surface area contributed by atoms with Gasteiger partial charge in [-0.25, -0.2) is 0 Å². The number of ether oxygens (including phenoxy) is 1. The molecule has 6 heteroatoms. The maximum absolute atomic E-state index is 6.29. The van der Waals surface area contributed by atoms with E-state index in [1.165, 1.54) is 0 Å². The first kappa shape index (κ1) is 16.8. The third kappa shape index (κ3) is 4.71. The van der Waals surface area contributed by atoms with Gasteiger partial charge in [-0.15, -0.1) is 0 Å². The van der Waals surface area contributed by atoms with Crippen LogP contribution in [0.3, 0.4) is 0 Å². The maximum Gasteiger partial charge on any atom is 0.223 e. The lowest BCUT2D eigenvalue weighted by molar-refractivity contribution is 0.217. The van der Waals surface area contributed by atoms with Crippen molar-refractivity contribution >= 4 is 11.6 Å². The second kappa shape index (κ2) is 7.61. The van der Waals surface area contributed by atoms with Crippen LogP contribution in [0, 0.1) is 6.92 Å². The van der Waals surface area contributed by atoms with E-state index in [9.17, 15) is 0 Å². The predicted molar refractivity (Wildman–Crippen MR) is 86.0 cm³/mol. The van der Waals surface area contributed by atoms with Crippen LogP contribution < -0.4 is 4.74 Å². The molecule has 0 radical (unpaired) electrons. The molecule has 0 saturated heterocycles. The Labute approximate surface area is 136 Å². The predicted octanol–water partition coefficient (Wildman–Crippen LogP) is 3.84. The highest BCUT2D eigenvalue weighted by molar-refractivity contribution is 6.32. The van der Waals surface area contributed by atoms with Gasteiger partial charge < -0.3 is 9.26 Å². The first-order chi connectivity index (χ1) is 10.5. The lowest BCUT2D eigenvalue weighted by Crippen LogP contribution is -2.18. The van der Waals surface area contributed by atoms with Crippen molar-refractivity contribution < 1.29 is 9.26 Å². The largest absolute Gasteiger partial charge is 0.489 e. The van der Waals surface area contributed by atoms with Gasteiger partial charge in [-0.1, -0.05) is 29.7 Å². The minimum Gasteiger partial charge on any atom is -0.489 e. The summed E-state index contributed by atoms with van der Waals surface area (Å²) in [6, 6.07) is 5.90. The van der Waals surface area contributed by atoms with Crippen LogP contribution in [0.2, 0.25) is 5.02 Å². The summed E-state index contributed by atoms with van der Waals surface area (Å²) in [6.45, 7) is 7.27. The zero-order valence-corrected chi connectivity index (χ0v) is 14.2. The molecule has 0 spiro atoms. The van der Waals surface area contributed by atoms with Crippen molar-refractivity contribution in [3.05, 3.63) is 40.5 Å². The van der Waals surface area contributed by atoms with Crippen molar-refractivity contribution in [1.29, 1.82) is 0 Å². The average molecular weight is 324 g/mol. The lowest BCUT2D eigenvalue weighted by atomic mass is 10.2. The Morgan fingerprint density at radius 2 is 2.14 bits per heavy atom. The van der Waals surface area contributed by atoms with E-state index in [1.54, 1.807) is 6.92 Å². The summed E-state index contributed by atoms with van der Waals surface area (Å²) in [5.74, 6) is 2.00. The third-order valence-corrected chi connectivity index (χ3v) is 3.63. The topological polar surface area (TPSA) is 51.4 Å². The molecule has 0 aliphatic rings. The number of aromatic nitrogens is 2.